The van der Waals surface area contributed by atoms with Crippen LogP contribution in [0, 0.1) is 0 Å². The zero-order valence-electron chi connectivity index (χ0n) is 37.8. The lowest BCUT2D eigenvalue weighted by Crippen LogP contribution is -2.60. The lowest BCUT2D eigenvalue weighted by Gasteiger charge is -2.38. The first kappa shape index (κ1) is 55.2. The van der Waals surface area contributed by atoms with Crippen molar-refractivity contribution in [2.24, 2.45) is 0 Å². The molecule has 59 heavy (non-hydrogen) atoms. The minimum Gasteiger partial charge on any atom is -0.479 e. The summed E-state index contributed by atoms with van der Waals surface area (Å²) in [6.07, 6.45) is 31.5. The van der Waals surface area contributed by atoms with Crippen molar-refractivity contribution in [3.63, 3.8) is 0 Å². The van der Waals surface area contributed by atoms with Crippen LogP contribution in [0.4, 0.5) is 0 Å². The number of ether oxygens (including phenoxy) is 4. The van der Waals surface area contributed by atoms with Gasteiger partial charge in [-0.1, -0.05) is 213 Å². The Morgan fingerprint density at radius 1 is 0.458 bits per heavy atom. The normalized spacial score (nSPS) is 19.8. The largest absolute Gasteiger partial charge is 0.479 e. The molecule has 1 rings (SSSR count). The van der Waals surface area contributed by atoms with Crippen molar-refractivity contribution >= 4 is 17.9 Å². The van der Waals surface area contributed by atoms with Crippen LogP contribution in [0.25, 0.3) is 0 Å². The minimum absolute atomic E-state index is 0.191. The highest BCUT2D eigenvalue weighted by molar-refractivity contribution is 5.73. The van der Waals surface area contributed by atoms with Crippen molar-refractivity contribution in [3.8, 4) is 0 Å². The Labute approximate surface area is 359 Å². The molecule has 0 radical (unpaired) electrons. The quantitative estimate of drug-likeness (QED) is 0.0341. The summed E-state index contributed by atoms with van der Waals surface area (Å²) in [6, 6.07) is 0. The Balaban J connectivity index is 2.29. The Kier molecular flexibility index (Phi) is 36.6. The molecule has 1 aliphatic rings. The van der Waals surface area contributed by atoms with E-state index in [0.717, 1.165) is 38.5 Å². The van der Waals surface area contributed by atoms with Gasteiger partial charge < -0.3 is 39.4 Å². The molecule has 0 amide bonds. The van der Waals surface area contributed by atoms with Gasteiger partial charge >= 0.3 is 17.9 Å². The van der Waals surface area contributed by atoms with Gasteiger partial charge in [-0.25, -0.2) is 4.79 Å². The SMILES string of the molecule is CCCCCCCCCCCCCCCCCCCCCC(=O)OCC(COC1OC(C(=O)O)C(O)C(O)C1O)OC(=O)CCCCCCCCCCCCCCCC. The zero-order chi connectivity index (χ0) is 43.2. The second-order valence-corrected chi connectivity index (χ2v) is 17.3. The van der Waals surface area contributed by atoms with E-state index >= 15 is 0 Å². The summed E-state index contributed by atoms with van der Waals surface area (Å²) in [5, 5.41) is 39.9. The summed E-state index contributed by atoms with van der Waals surface area (Å²) in [4.78, 5) is 36.9. The van der Waals surface area contributed by atoms with Crippen LogP contribution in [0.5, 0.6) is 0 Å². The van der Waals surface area contributed by atoms with Gasteiger partial charge in [-0.05, 0) is 12.8 Å². The Morgan fingerprint density at radius 3 is 1.15 bits per heavy atom. The van der Waals surface area contributed by atoms with Crippen molar-refractivity contribution in [3.05, 3.63) is 0 Å². The number of esters is 2. The predicted molar refractivity (Wildman–Crippen MR) is 234 cm³/mol. The van der Waals surface area contributed by atoms with Gasteiger partial charge in [0.25, 0.3) is 0 Å². The Hall–Kier alpha value is -1.79. The first-order valence-electron chi connectivity index (χ1n) is 24.6. The number of rotatable bonds is 42. The van der Waals surface area contributed by atoms with E-state index in [-0.39, 0.29) is 26.1 Å². The van der Waals surface area contributed by atoms with Gasteiger partial charge in [0.1, 0.15) is 24.9 Å². The van der Waals surface area contributed by atoms with Crippen LogP contribution < -0.4 is 0 Å². The molecular weight excluding hydrogens is 753 g/mol. The van der Waals surface area contributed by atoms with E-state index in [2.05, 4.69) is 13.8 Å². The Bertz CT molecular complexity index is 994. The predicted octanol–water partition coefficient (Wildman–Crippen LogP) is 11.0. The fourth-order valence-electron chi connectivity index (χ4n) is 7.82. The number of carboxylic acids is 1. The smallest absolute Gasteiger partial charge is 0.335 e. The maximum absolute atomic E-state index is 12.8. The van der Waals surface area contributed by atoms with E-state index in [1.807, 2.05) is 0 Å². The third-order valence-corrected chi connectivity index (χ3v) is 11.7. The summed E-state index contributed by atoms with van der Waals surface area (Å²) < 4.78 is 21.8. The standard InChI is InChI=1S/C48H90O11/c1-3-5-7-9-11-13-15-17-19-20-21-22-23-25-26-28-30-32-34-36-41(49)56-38-40(39-57-48-45(53)43(51)44(52)46(59-48)47(54)55)58-42(50)37-35-33-31-29-27-24-18-16-14-12-10-8-6-4-2/h40,43-46,48,51-53H,3-39H2,1-2H3,(H,54,55). The molecule has 4 N–H and O–H groups in total. The van der Waals surface area contributed by atoms with E-state index in [1.54, 1.807) is 0 Å². The molecule has 6 atom stereocenters. The molecule has 0 spiro atoms. The minimum atomic E-state index is -1.86. The number of hydrogen-bond donors (Lipinski definition) is 4. The lowest BCUT2D eigenvalue weighted by atomic mass is 9.99. The third kappa shape index (κ3) is 30.8. The van der Waals surface area contributed by atoms with Crippen LogP contribution in [0.3, 0.4) is 0 Å². The Morgan fingerprint density at radius 2 is 0.797 bits per heavy atom. The number of aliphatic carboxylic acids is 1. The molecule has 0 aromatic carbocycles. The van der Waals surface area contributed by atoms with E-state index in [9.17, 15) is 34.8 Å². The summed E-state index contributed by atoms with van der Waals surface area (Å²) in [5.41, 5.74) is 0. The molecule has 0 aromatic rings. The van der Waals surface area contributed by atoms with Crippen LogP contribution in [0.15, 0.2) is 0 Å². The van der Waals surface area contributed by atoms with E-state index in [4.69, 9.17) is 18.9 Å². The van der Waals surface area contributed by atoms with Crippen LogP contribution >= 0.6 is 0 Å². The van der Waals surface area contributed by atoms with Gasteiger partial charge in [-0.15, -0.1) is 0 Å². The lowest BCUT2D eigenvalue weighted by molar-refractivity contribution is -0.298. The molecule has 11 nitrogen and oxygen atoms in total. The summed E-state index contributed by atoms with van der Waals surface area (Å²) in [5.74, 6) is -2.42. The number of aliphatic hydroxyl groups excluding tert-OH is 3. The number of aliphatic hydroxyl groups is 3. The van der Waals surface area contributed by atoms with E-state index < -0.39 is 54.7 Å². The first-order valence-corrected chi connectivity index (χ1v) is 24.6. The van der Waals surface area contributed by atoms with Crippen molar-refractivity contribution in [2.45, 2.75) is 275 Å². The maximum Gasteiger partial charge on any atom is 0.335 e. The van der Waals surface area contributed by atoms with Gasteiger partial charge in [0.2, 0.25) is 0 Å². The van der Waals surface area contributed by atoms with Crippen molar-refractivity contribution in [1.82, 2.24) is 0 Å². The van der Waals surface area contributed by atoms with Crippen LogP contribution in [-0.4, -0.2) is 88.4 Å². The van der Waals surface area contributed by atoms with Crippen LogP contribution in [0.2, 0.25) is 0 Å². The van der Waals surface area contributed by atoms with Gasteiger partial charge in [0, 0.05) is 12.8 Å². The molecule has 1 saturated heterocycles. The maximum atomic E-state index is 12.8. The highest BCUT2D eigenvalue weighted by Gasteiger charge is 2.47. The van der Waals surface area contributed by atoms with Gasteiger partial charge in [-0.2, -0.15) is 0 Å². The second kappa shape index (κ2) is 39.1. The molecule has 11 heteroatoms. The molecule has 6 unspecified atom stereocenters. The van der Waals surface area contributed by atoms with Crippen LogP contribution in [0.1, 0.15) is 239 Å². The summed E-state index contributed by atoms with van der Waals surface area (Å²) in [6.45, 7) is 3.85. The van der Waals surface area contributed by atoms with Gasteiger partial charge in [0.15, 0.2) is 18.5 Å². The summed E-state index contributed by atoms with van der Waals surface area (Å²) >= 11 is 0. The number of hydrogen-bond acceptors (Lipinski definition) is 10. The number of unbranched alkanes of at least 4 members (excludes halogenated alkanes) is 31. The molecular formula is C48H90O11. The average molecular weight is 843 g/mol. The molecule has 348 valence electrons. The molecule has 1 fully saturated rings. The average Bonchev–Trinajstić information content (AvgIpc) is 3.22. The third-order valence-electron chi connectivity index (χ3n) is 11.7. The molecule has 1 aliphatic heterocycles. The highest BCUT2D eigenvalue weighted by Crippen LogP contribution is 2.23. The molecule has 0 aliphatic carbocycles. The number of carbonyl (C=O) groups is 3. The second-order valence-electron chi connectivity index (χ2n) is 17.3. The number of carbonyl (C=O) groups excluding carboxylic acids is 2. The van der Waals surface area contributed by atoms with Crippen molar-refractivity contribution in [1.29, 1.82) is 0 Å². The molecule has 1 heterocycles. The van der Waals surface area contributed by atoms with E-state index in [1.165, 1.54) is 161 Å². The highest BCUT2D eigenvalue weighted by atomic mass is 16.7. The monoisotopic (exact) mass is 843 g/mol. The fraction of sp³-hybridized carbons (Fsp3) is 0.938. The zero-order valence-corrected chi connectivity index (χ0v) is 37.8. The van der Waals surface area contributed by atoms with Gasteiger partial charge in [0.05, 0.1) is 6.61 Å². The summed E-state index contributed by atoms with van der Waals surface area (Å²) in [7, 11) is 0. The van der Waals surface area contributed by atoms with Crippen molar-refractivity contribution in [2.75, 3.05) is 13.2 Å². The number of carboxylic acid groups (broad SMARTS) is 1. The molecule has 0 saturated carbocycles. The van der Waals surface area contributed by atoms with E-state index in [0.29, 0.717) is 12.8 Å². The first-order chi connectivity index (χ1) is 28.7. The van der Waals surface area contributed by atoms with Crippen LogP contribution in [-0.2, 0) is 33.3 Å². The molecule has 0 aromatic heterocycles. The fourth-order valence-corrected chi connectivity index (χ4v) is 7.82. The van der Waals surface area contributed by atoms with Gasteiger partial charge in [-0.3, -0.25) is 9.59 Å². The molecule has 0 bridgehead atoms. The topological polar surface area (TPSA) is 169 Å². The van der Waals surface area contributed by atoms with Crippen molar-refractivity contribution < 1.29 is 53.8 Å².